The highest BCUT2D eigenvalue weighted by molar-refractivity contribution is 5.88. The third kappa shape index (κ3) is 8.04. The van der Waals surface area contributed by atoms with Gasteiger partial charge in [-0.05, 0) is 72.8 Å². The van der Waals surface area contributed by atoms with Crippen LogP contribution in [0.4, 0.5) is 13.2 Å². The summed E-state index contributed by atoms with van der Waals surface area (Å²) in [6.45, 7) is 2.36. The highest BCUT2D eigenvalue weighted by Gasteiger charge is 2.29. The number of piperidine rings is 1. The molecule has 0 radical (unpaired) electrons. The van der Waals surface area contributed by atoms with E-state index in [-0.39, 0.29) is 5.56 Å². The SMILES string of the molecule is CO.O=C(O)c1ccc(-c2ccc(C(F)(F)F)cc2)cc1.c1ccc(C2CCNCC2)cc1. The molecule has 0 aromatic heterocycles. The van der Waals surface area contributed by atoms with E-state index in [2.05, 4.69) is 35.6 Å². The van der Waals surface area contributed by atoms with Crippen molar-refractivity contribution in [2.75, 3.05) is 20.2 Å². The van der Waals surface area contributed by atoms with Crippen molar-refractivity contribution < 1.29 is 28.2 Å². The van der Waals surface area contributed by atoms with Crippen LogP contribution in [-0.4, -0.2) is 36.4 Å². The molecule has 0 bridgehead atoms. The fraction of sp³-hybridized carbons (Fsp3) is 0.269. The Bertz CT molecular complexity index is 966. The summed E-state index contributed by atoms with van der Waals surface area (Å²) in [5.74, 6) is -0.244. The van der Waals surface area contributed by atoms with Crippen molar-refractivity contribution in [3.05, 3.63) is 95.6 Å². The lowest BCUT2D eigenvalue weighted by atomic mass is 9.90. The van der Waals surface area contributed by atoms with Gasteiger partial charge >= 0.3 is 12.1 Å². The predicted octanol–water partition coefficient (Wildman–Crippen LogP) is 5.83. The molecule has 1 heterocycles. The number of alkyl halides is 3. The second-order valence-electron chi connectivity index (χ2n) is 7.39. The van der Waals surface area contributed by atoms with Gasteiger partial charge in [0.1, 0.15) is 0 Å². The topological polar surface area (TPSA) is 69.6 Å². The van der Waals surface area contributed by atoms with Crippen LogP contribution in [0.25, 0.3) is 11.1 Å². The van der Waals surface area contributed by atoms with Gasteiger partial charge < -0.3 is 15.5 Å². The van der Waals surface area contributed by atoms with Crippen molar-refractivity contribution in [1.82, 2.24) is 5.32 Å². The molecule has 3 aromatic carbocycles. The van der Waals surface area contributed by atoms with Crippen LogP contribution in [0, 0.1) is 0 Å². The number of aliphatic hydroxyl groups excluding tert-OH is 1. The fourth-order valence-electron chi connectivity index (χ4n) is 3.54. The highest BCUT2D eigenvalue weighted by atomic mass is 19.4. The fourth-order valence-corrected chi connectivity index (χ4v) is 3.54. The summed E-state index contributed by atoms with van der Waals surface area (Å²) >= 11 is 0. The maximum absolute atomic E-state index is 12.4. The van der Waals surface area contributed by atoms with Gasteiger partial charge in [-0.25, -0.2) is 4.79 Å². The monoisotopic (exact) mass is 459 g/mol. The molecule has 1 aliphatic rings. The maximum atomic E-state index is 12.4. The normalized spacial score (nSPS) is 13.7. The molecular formula is C26H28F3NO3. The van der Waals surface area contributed by atoms with E-state index in [0.29, 0.717) is 11.1 Å². The Morgan fingerprint density at radius 2 is 1.30 bits per heavy atom. The van der Waals surface area contributed by atoms with Crippen LogP contribution >= 0.6 is 0 Å². The van der Waals surface area contributed by atoms with Gasteiger partial charge in [-0.3, -0.25) is 0 Å². The Labute approximate surface area is 191 Å². The van der Waals surface area contributed by atoms with E-state index >= 15 is 0 Å². The largest absolute Gasteiger partial charge is 0.478 e. The molecule has 7 heteroatoms. The summed E-state index contributed by atoms with van der Waals surface area (Å²) in [5.41, 5.74) is 2.21. The number of carbonyl (C=O) groups is 1. The van der Waals surface area contributed by atoms with Gasteiger partial charge in [0, 0.05) is 7.11 Å². The molecule has 4 rings (SSSR count). The first-order chi connectivity index (χ1) is 15.8. The van der Waals surface area contributed by atoms with Crippen molar-refractivity contribution in [3.8, 4) is 11.1 Å². The summed E-state index contributed by atoms with van der Waals surface area (Å²) in [7, 11) is 1.00. The number of carboxylic acid groups (broad SMARTS) is 1. The van der Waals surface area contributed by atoms with E-state index in [9.17, 15) is 18.0 Å². The number of nitrogens with one attached hydrogen (secondary N) is 1. The first kappa shape index (κ1) is 26.1. The second kappa shape index (κ2) is 12.8. The van der Waals surface area contributed by atoms with Gasteiger partial charge in [0.15, 0.2) is 0 Å². The molecule has 4 nitrogen and oxygen atoms in total. The van der Waals surface area contributed by atoms with Gasteiger partial charge in [0.2, 0.25) is 0 Å². The standard InChI is InChI=1S/C14H9F3O2.C11H15N.CH4O/c15-14(16,17)12-7-5-10(6-8-12)9-1-3-11(4-2-9)13(18)19;1-2-4-10(5-3-1)11-6-8-12-9-7-11;1-2/h1-8H,(H,18,19);1-5,11-12H,6-9H2;2H,1H3. The molecule has 3 N–H and O–H groups in total. The van der Waals surface area contributed by atoms with E-state index in [4.69, 9.17) is 10.2 Å². The minimum Gasteiger partial charge on any atom is -0.478 e. The van der Waals surface area contributed by atoms with Gasteiger partial charge in [-0.2, -0.15) is 13.2 Å². The quantitative estimate of drug-likeness (QED) is 0.461. The zero-order chi connectivity index (χ0) is 24.3. The minimum absolute atomic E-state index is 0.135. The smallest absolute Gasteiger partial charge is 0.416 e. The van der Waals surface area contributed by atoms with Crippen molar-refractivity contribution in [2.24, 2.45) is 0 Å². The number of aliphatic hydroxyl groups is 1. The molecule has 33 heavy (non-hydrogen) atoms. The number of rotatable bonds is 3. The van der Waals surface area contributed by atoms with Crippen molar-refractivity contribution in [3.63, 3.8) is 0 Å². The van der Waals surface area contributed by atoms with Crippen LogP contribution in [0.5, 0.6) is 0 Å². The molecule has 0 aliphatic carbocycles. The summed E-state index contributed by atoms with van der Waals surface area (Å²) in [5, 5.41) is 19.1. The number of hydrogen-bond donors (Lipinski definition) is 3. The van der Waals surface area contributed by atoms with Gasteiger partial charge in [0.05, 0.1) is 11.1 Å². The van der Waals surface area contributed by atoms with E-state index < -0.39 is 17.7 Å². The predicted molar refractivity (Wildman–Crippen MR) is 123 cm³/mol. The maximum Gasteiger partial charge on any atom is 0.416 e. The minimum atomic E-state index is -4.36. The summed E-state index contributed by atoms with van der Waals surface area (Å²) < 4.78 is 37.2. The number of carboxylic acids is 1. The molecule has 0 saturated carbocycles. The Balaban J connectivity index is 0.000000236. The third-order valence-electron chi connectivity index (χ3n) is 5.29. The molecule has 3 aromatic rings. The molecule has 0 unspecified atom stereocenters. The molecule has 0 amide bonds. The van der Waals surface area contributed by atoms with E-state index in [1.165, 1.54) is 55.8 Å². The van der Waals surface area contributed by atoms with Crippen LogP contribution in [0.15, 0.2) is 78.9 Å². The van der Waals surface area contributed by atoms with Crippen molar-refractivity contribution in [1.29, 1.82) is 0 Å². The Kier molecular flexibility index (Phi) is 10.1. The average Bonchev–Trinajstić information content (AvgIpc) is 2.86. The van der Waals surface area contributed by atoms with Crippen molar-refractivity contribution >= 4 is 5.97 Å². The molecular weight excluding hydrogens is 431 g/mol. The lowest BCUT2D eigenvalue weighted by Crippen LogP contribution is -2.26. The molecule has 1 fully saturated rings. The van der Waals surface area contributed by atoms with Gasteiger partial charge in [-0.15, -0.1) is 0 Å². The number of hydrogen-bond acceptors (Lipinski definition) is 3. The Morgan fingerprint density at radius 1 is 0.818 bits per heavy atom. The zero-order valence-corrected chi connectivity index (χ0v) is 18.3. The molecule has 0 spiro atoms. The van der Waals surface area contributed by atoms with E-state index in [0.717, 1.165) is 25.2 Å². The van der Waals surface area contributed by atoms with E-state index in [1.807, 2.05) is 0 Å². The van der Waals surface area contributed by atoms with Crippen LogP contribution < -0.4 is 5.32 Å². The van der Waals surface area contributed by atoms with Crippen LogP contribution in [0.3, 0.4) is 0 Å². The van der Waals surface area contributed by atoms with Crippen molar-refractivity contribution in [2.45, 2.75) is 24.9 Å². The summed E-state index contributed by atoms with van der Waals surface area (Å²) in [6.07, 6.45) is -1.76. The van der Waals surface area contributed by atoms with Crippen LogP contribution in [0.1, 0.15) is 40.2 Å². The summed E-state index contributed by atoms with van der Waals surface area (Å²) in [4.78, 5) is 10.7. The highest BCUT2D eigenvalue weighted by Crippen LogP contribution is 2.31. The van der Waals surface area contributed by atoms with Gasteiger partial charge in [-0.1, -0.05) is 54.6 Å². The lowest BCUT2D eigenvalue weighted by molar-refractivity contribution is -0.137. The first-order valence-corrected chi connectivity index (χ1v) is 10.6. The Morgan fingerprint density at radius 3 is 1.76 bits per heavy atom. The first-order valence-electron chi connectivity index (χ1n) is 10.6. The van der Waals surface area contributed by atoms with E-state index in [1.54, 1.807) is 12.1 Å². The lowest BCUT2D eigenvalue weighted by Gasteiger charge is -2.22. The van der Waals surface area contributed by atoms with Crippen LogP contribution in [0.2, 0.25) is 0 Å². The average molecular weight is 460 g/mol. The molecule has 1 saturated heterocycles. The second-order valence-corrected chi connectivity index (χ2v) is 7.39. The zero-order valence-electron chi connectivity index (χ0n) is 18.3. The van der Waals surface area contributed by atoms with Gasteiger partial charge in [0.25, 0.3) is 0 Å². The van der Waals surface area contributed by atoms with Crippen LogP contribution in [-0.2, 0) is 6.18 Å². The molecule has 0 atom stereocenters. The summed E-state index contributed by atoms with van der Waals surface area (Å²) in [6, 6.07) is 21.5. The number of benzene rings is 3. The number of aromatic carboxylic acids is 1. The number of halogens is 3. The molecule has 1 aliphatic heterocycles. The Hall–Kier alpha value is -3.16. The third-order valence-corrected chi connectivity index (χ3v) is 5.29. The molecule has 176 valence electrons.